The third kappa shape index (κ3) is 4.76. The van der Waals surface area contributed by atoms with Gasteiger partial charge in [0.05, 0.1) is 0 Å². The zero-order valence-electron chi connectivity index (χ0n) is 27.3. The van der Waals surface area contributed by atoms with E-state index in [0.29, 0.717) is 0 Å². The van der Waals surface area contributed by atoms with Gasteiger partial charge in [-0.1, -0.05) is 133 Å². The smallest absolute Gasteiger partial charge is 0.0468 e. The molecule has 0 fully saturated rings. The van der Waals surface area contributed by atoms with Gasteiger partial charge in [0.25, 0.3) is 0 Å². The van der Waals surface area contributed by atoms with Crippen LogP contribution in [0.15, 0.2) is 188 Å². The van der Waals surface area contributed by atoms with E-state index in [9.17, 15) is 0 Å². The zero-order chi connectivity index (χ0) is 33.0. The van der Waals surface area contributed by atoms with Crippen LogP contribution in [0.4, 0.5) is 17.1 Å². The van der Waals surface area contributed by atoms with Crippen LogP contribution in [-0.4, -0.2) is 0 Å². The van der Waals surface area contributed by atoms with Crippen LogP contribution < -0.4 is 4.90 Å². The second kappa shape index (κ2) is 11.7. The summed E-state index contributed by atoms with van der Waals surface area (Å²) in [7, 11) is 0. The minimum atomic E-state index is 1.12. The SMILES string of the molecule is c1ccc(-c2ccc(N(c3ccc(-c4cc5c6ccccc6ccc5c5ccccc45)cc3)c3ccc4sc5ccccc5c4c3)cc2)cc1. The van der Waals surface area contributed by atoms with E-state index < -0.39 is 0 Å². The summed E-state index contributed by atoms with van der Waals surface area (Å²) in [6.07, 6.45) is 0. The maximum atomic E-state index is 2.39. The predicted molar refractivity (Wildman–Crippen MR) is 217 cm³/mol. The van der Waals surface area contributed by atoms with Crippen molar-refractivity contribution in [3.05, 3.63) is 188 Å². The third-order valence-corrected chi connectivity index (χ3v) is 11.2. The zero-order valence-corrected chi connectivity index (χ0v) is 28.1. The minimum absolute atomic E-state index is 1.12. The van der Waals surface area contributed by atoms with Crippen LogP contribution in [0.2, 0.25) is 0 Å². The molecule has 0 spiro atoms. The van der Waals surface area contributed by atoms with E-state index in [0.717, 1.165) is 17.1 Å². The molecule has 0 radical (unpaired) electrons. The highest BCUT2D eigenvalue weighted by Crippen LogP contribution is 2.43. The largest absolute Gasteiger partial charge is 0.310 e. The van der Waals surface area contributed by atoms with Gasteiger partial charge in [-0.25, -0.2) is 0 Å². The number of rotatable bonds is 5. The molecule has 0 atom stereocenters. The molecule has 0 aliphatic carbocycles. The van der Waals surface area contributed by atoms with Gasteiger partial charge in [0, 0.05) is 37.2 Å². The highest BCUT2D eigenvalue weighted by Gasteiger charge is 2.17. The second-order valence-corrected chi connectivity index (χ2v) is 14.0. The van der Waals surface area contributed by atoms with E-state index in [-0.39, 0.29) is 0 Å². The molecule has 0 aliphatic heterocycles. The number of hydrogen-bond donors (Lipinski definition) is 0. The fourth-order valence-corrected chi connectivity index (χ4v) is 8.71. The lowest BCUT2D eigenvalue weighted by molar-refractivity contribution is 1.29. The molecule has 0 saturated heterocycles. The Bertz CT molecular complexity index is 2850. The fourth-order valence-electron chi connectivity index (χ4n) is 7.62. The maximum absolute atomic E-state index is 2.39. The molecule has 10 aromatic rings. The van der Waals surface area contributed by atoms with Gasteiger partial charge < -0.3 is 4.90 Å². The monoisotopic (exact) mass is 653 g/mol. The van der Waals surface area contributed by atoms with Gasteiger partial charge in [-0.05, 0) is 109 Å². The molecule has 0 N–H and O–H groups in total. The van der Waals surface area contributed by atoms with Gasteiger partial charge in [0.2, 0.25) is 0 Å². The summed E-state index contributed by atoms with van der Waals surface area (Å²) < 4.78 is 2.62. The van der Waals surface area contributed by atoms with E-state index >= 15 is 0 Å². The molecule has 0 aliphatic rings. The fraction of sp³-hybridized carbons (Fsp3) is 0. The van der Waals surface area contributed by atoms with Crippen LogP contribution in [-0.2, 0) is 0 Å². The number of nitrogens with zero attached hydrogens (tertiary/aromatic N) is 1. The standard InChI is InChI=1S/C48H31NS/c1-2-10-32(11-3-1)33-18-23-36(24-19-33)49(38-27-29-48-46(30-38)43-16-8-9-17-47(43)50-48)37-25-20-35(21-26-37)44-31-45-39-13-5-4-12-34(39)22-28-42(45)40-14-6-7-15-41(40)44/h1-31H. The lowest BCUT2D eigenvalue weighted by atomic mass is 9.91. The van der Waals surface area contributed by atoms with E-state index in [1.807, 2.05) is 11.3 Å². The van der Waals surface area contributed by atoms with Crippen LogP contribution in [0.3, 0.4) is 0 Å². The number of anilines is 3. The van der Waals surface area contributed by atoms with Crippen molar-refractivity contribution in [2.45, 2.75) is 0 Å². The van der Waals surface area contributed by atoms with Crippen molar-refractivity contribution in [3.63, 3.8) is 0 Å². The van der Waals surface area contributed by atoms with Crippen LogP contribution in [0.1, 0.15) is 0 Å². The quantitative estimate of drug-likeness (QED) is 0.167. The molecule has 1 heterocycles. The van der Waals surface area contributed by atoms with Crippen molar-refractivity contribution >= 4 is 80.9 Å². The van der Waals surface area contributed by atoms with E-state index in [1.165, 1.54) is 74.7 Å². The summed E-state index contributed by atoms with van der Waals surface area (Å²) in [5, 5.41) is 10.3. The Morgan fingerprint density at radius 2 is 0.860 bits per heavy atom. The average molecular weight is 654 g/mol. The average Bonchev–Trinajstić information content (AvgIpc) is 3.56. The van der Waals surface area contributed by atoms with Gasteiger partial charge in [0.15, 0.2) is 0 Å². The Kier molecular flexibility index (Phi) is 6.75. The van der Waals surface area contributed by atoms with E-state index in [4.69, 9.17) is 0 Å². The first-order valence-corrected chi connectivity index (χ1v) is 17.9. The summed E-state index contributed by atoms with van der Waals surface area (Å²) in [5.41, 5.74) is 8.27. The molecular weight excluding hydrogens is 623 g/mol. The van der Waals surface area contributed by atoms with Crippen molar-refractivity contribution < 1.29 is 0 Å². The van der Waals surface area contributed by atoms with Crippen molar-refractivity contribution in [1.82, 2.24) is 0 Å². The molecule has 10 rings (SSSR count). The van der Waals surface area contributed by atoms with Crippen LogP contribution in [0, 0.1) is 0 Å². The first kappa shape index (κ1) is 28.8. The van der Waals surface area contributed by atoms with Crippen molar-refractivity contribution in [2.75, 3.05) is 4.90 Å². The van der Waals surface area contributed by atoms with Crippen molar-refractivity contribution in [3.8, 4) is 22.3 Å². The first-order valence-electron chi connectivity index (χ1n) is 17.1. The first-order chi connectivity index (χ1) is 24.8. The molecule has 9 aromatic carbocycles. The minimum Gasteiger partial charge on any atom is -0.310 e. The summed E-state index contributed by atoms with van der Waals surface area (Å²) >= 11 is 1.86. The normalized spacial score (nSPS) is 11.6. The lowest BCUT2D eigenvalue weighted by Crippen LogP contribution is -2.09. The van der Waals surface area contributed by atoms with Gasteiger partial charge in [-0.3, -0.25) is 0 Å². The van der Waals surface area contributed by atoms with Crippen molar-refractivity contribution in [1.29, 1.82) is 0 Å². The Labute approximate surface area is 294 Å². The topological polar surface area (TPSA) is 3.24 Å². The van der Waals surface area contributed by atoms with Crippen LogP contribution in [0.25, 0.3) is 74.7 Å². The molecule has 0 unspecified atom stereocenters. The Morgan fingerprint density at radius 1 is 0.300 bits per heavy atom. The summed E-state index contributed by atoms with van der Waals surface area (Å²) in [4.78, 5) is 2.39. The molecule has 1 aromatic heterocycles. The highest BCUT2D eigenvalue weighted by atomic mass is 32.1. The Morgan fingerprint density at radius 3 is 1.64 bits per heavy atom. The third-order valence-electron chi connectivity index (χ3n) is 10.1. The van der Waals surface area contributed by atoms with Gasteiger partial charge in [0.1, 0.15) is 0 Å². The van der Waals surface area contributed by atoms with Crippen LogP contribution >= 0.6 is 11.3 Å². The molecule has 234 valence electrons. The molecule has 0 amide bonds. The van der Waals surface area contributed by atoms with Crippen molar-refractivity contribution in [2.24, 2.45) is 0 Å². The summed E-state index contributed by atoms with van der Waals surface area (Å²) in [6.45, 7) is 0. The number of thiophene rings is 1. The molecule has 50 heavy (non-hydrogen) atoms. The number of hydrogen-bond acceptors (Lipinski definition) is 2. The van der Waals surface area contributed by atoms with E-state index in [1.54, 1.807) is 0 Å². The summed E-state index contributed by atoms with van der Waals surface area (Å²) in [5.74, 6) is 0. The maximum Gasteiger partial charge on any atom is 0.0468 e. The second-order valence-electron chi connectivity index (χ2n) is 12.9. The molecule has 0 bridgehead atoms. The van der Waals surface area contributed by atoms with Gasteiger partial charge in [-0.15, -0.1) is 11.3 Å². The molecule has 1 nitrogen and oxygen atoms in total. The molecular formula is C48H31NS. The van der Waals surface area contributed by atoms with Gasteiger partial charge in [-0.2, -0.15) is 0 Å². The number of fused-ring (bicyclic) bond motifs is 8. The predicted octanol–water partition coefficient (Wildman–Crippen LogP) is 14.3. The highest BCUT2D eigenvalue weighted by molar-refractivity contribution is 7.25. The van der Waals surface area contributed by atoms with Crippen LogP contribution in [0.5, 0.6) is 0 Å². The summed E-state index contributed by atoms with van der Waals surface area (Å²) in [6, 6.07) is 68.7. The molecule has 0 saturated carbocycles. The lowest BCUT2D eigenvalue weighted by Gasteiger charge is -2.26. The Balaban J connectivity index is 1.13. The van der Waals surface area contributed by atoms with E-state index in [2.05, 4.69) is 193 Å². The molecule has 2 heteroatoms. The van der Waals surface area contributed by atoms with Gasteiger partial charge >= 0.3 is 0 Å². The Hall–Kier alpha value is -6.22. The number of benzene rings is 9.